The molecule has 0 aliphatic heterocycles. The topological polar surface area (TPSA) is 87.8 Å². The van der Waals surface area contributed by atoms with E-state index in [9.17, 15) is 14.9 Å². The molecule has 0 spiro atoms. The fraction of sp³-hybridized carbons (Fsp3) is 0.368. The molecule has 0 radical (unpaired) electrons. The van der Waals surface area contributed by atoms with Gasteiger partial charge in [0.1, 0.15) is 5.54 Å². The molecule has 2 aromatic rings. The smallest absolute Gasteiger partial charge is 0.262 e. The second-order valence-corrected chi connectivity index (χ2v) is 7.94. The predicted octanol–water partition coefficient (Wildman–Crippen LogP) is 3.38. The lowest BCUT2D eigenvalue weighted by molar-refractivity contribution is -0.120. The summed E-state index contributed by atoms with van der Waals surface area (Å²) < 4.78 is 1.47. The van der Waals surface area contributed by atoms with Crippen molar-refractivity contribution in [1.29, 1.82) is 5.26 Å². The molecule has 142 valence electrons. The van der Waals surface area contributed by atoms with E-state index in [2.05, 4.69) is 22.9 Å². The van der Waals surface area contributed by atoms with Gasteiger partial charge in [0.05, 0.1) is 22.7 Å². The van der Waals surface area contributed by atoms with Crippen LogP contribution in [0.4, 0.5) is 0 Å². The largest absolute Gasteiger partial charge is 0.337 e. The molecule has 2 rings (SSSR count). The van der Waals surface area contributed by atoms with Gasteiger partial charge in [0.25, 0.3) is 5.56 Å². The third-order valence-corrected chi connectivity index (χ3v) is 5.52. The van der Waals surface area contributed by atoms with E-state index in [-0.39, 0.29) is 29.7 Å². The van der Waals surface area contributed by atoms with Crippen molar-refractivity contribution in [3.63, 3.8) is 0 Å². The third kappa shape index (κ3) is 4.71. The van der Waals surface area contributed by atoms with E-state index in [1.165, 1.54) is 4.57 Å². The zero-order chi connectivity index (χ0) is 20.2. The molecule has 0 saturated carbocycles. The zero-order valence-corrected chi connectivity index (χ0v) is 17.0. The summed E-state index contributed by atoms with van der Waals surface area (Å²) in [4.78, 5) is 29.6. The molecule has 1 amide bonds. The number of hydrogen-bond acceptors (Lipinski definition) is 5. The van der Waals surface area contributed by atoms with Crippen LogP contribution in [0.15, 0.2) is 40.8 Å². The molecule has 0 aliphatic carbocycles. The molecular weight excluding hydrogens is 384 g/mol. The highest BCUT2D eigenvalue weighted by atomic mass is 35.5. The zero-order valence-electron chi connectivity index (χ0n) is 15.5. The number of allylic oxidation sites excluding steroid dienone is 1. The second-order valence-electron chi connectivity index (χ2n) is 6.57. The van der Waals surface area contributed by atoms with Crippen LogP contribution >= 0.6 is 23.4 Å². The van der Waals surface area contributed by atoms with Crippen molar-refractivity contribution in [3.8, 4) is 6.07 Å². The number of benzene rings is 1. The number of nitrogens with zero attached hydrogens (tertiary/aromatic N) is 3. The van der Waals surface area contributed by atoms with Crippen LogP contribution in [0.1, 0.15) is 20.8 Å². The molecule has 1 heterocycles. The van der Waals surface area contributed by atoms with E-state index in [1.54, 1.807) is 31.2 Å². The Bertz CT molecular complexity index is 980. The number of carbonyl (C=O) groups excluding carboxylic acids is 1. The van der Waals surface area contributed by atoms with Crippen molar-refractivity contribution >= 4 is 40.2 Å². The van der Waals surface area contributed by atoms with Crippen LogP contribution in [0.2, 0.25) is 5.02 Å². The van der Waals surface area contributed by atoms with Crippen LogP contribution in [-0.2, 0) is 11.3 Å². The molecule has 0 aliphatic rings. The minimum absolute atomic E-state index is 0.0274. The number of fused-ring (bicyclic) bond motifs is 1. The number of halogens is 1. The molecule has 8 heteroatoms. The van der Waals surface area contributed by atoms with Crippen molar-refractivity contribution in [3.05, 3.63) is 46.2 Å². The molecule has 1 aromatic heterocycles. The highest BCUT2D eigenvalue weighted by Gasteiger charge is 2.30. The van der Waals surface area contributed by atoms with Crippen molar-refractivity contribution in [2.24, 2.45) is 5.92 Å². The van der Waals surface area contributed by atoms with Gasteiger partial charge < -0.3 is 5.32 Å². The molecule has 1 aromatic carbocycles. The maximum absolute atomic E-state index is 12.7. The lowest BCUT2D eigenvalue weighted by Crippen LogP contribution is -2.49. The first-order valence-corrected chi connectivity index (χ1v) is 9.74. The fourth-order valence-electron chi connectivity index (χ4n) is 2.33. The number of hydrogen-bond donors (Lipinski definition) is 1. The molecule has 6 nitrogen and oxygen atoms in total. The van der Waals surface area contributed by atoms with Gasteiger partial charge in [-0.1, -0.05) is 43.3 Å². The summed E-state index contributed by atoms with van der Waals surface area (Å²) >= 11 is 7.14. The molecular formula is C19H21ClN4O2S. The van der Waals surface area contributed by atoms with Gasteiger partial charge in [0, 0.05) is 11.6 Å². The van der Waals surface area contributed by atoms with Crippen molar-refractivity contribution in [2.75, 3.05) is 5.75 Å². The maximum atomic E-state index is 12.7. The molecule has 0 fully saturated rings. The lowest BCUT2D eigenvalue weighted by atomic mass is 9.90. The lowest BCUT2D eigenvalue weighted by Gasteiger charge is -2.27. The number of nitrogens with one attached hydrogen (secondary N) is 1. The minimum Gasteiger partial charge on any atom is -0.337 e. The first kappa shape index (κ1) is 21.0. The van der Waals surface area contributed by atoms with E-state index in [1.807, 2.05) is 13.8 Å². The van der Waals surface area contributed by atoms with Gasteiger partial charge in [-0.2, -0.15) is 5.26 Å². The number of carbonyl (C=O) groups is 1. The molecule has 0 bridgehead atoms. The van der Waals surface area contributed by atoms with E-state index in [0.29, 0.717) is 21.1 Å². The highest BCUT2D eigenvalue weighted by Crippen LogP contribution is 2.21. The predicted molar refractivity (Wildman–Crippen MR) is 109 cm³/mol. The molecule has 1 unspecified atom stereocenters. The van der Waals surface area contributed by atoms with Crippen LogP contribution < -0.4 is 10.9 Å². The monoisotopic (exact) mass is 404 g/mol. The number of aromatic nitrogens is 2. The standard InChI is InChI=1S/C19H21ClN4O2S/c1-5-8-24-17(26)14-7-6-13(20)9-15(14)22-18(24)27-10-16(25)23-19(4,11-21)12(2)3/h5-7,9,12H,1,8,10H2,2-4H3,(H,23,25). The summed E-state index contributed by atoms with van der Waals surface area (Å²) in [6.45, 7) is 9.37. The Kier molecular flexibility index (Phi) is 6.68. The van der Waals surface area contributed by atoms with Crippen LogP contribution in [0.25, 0.3) is 10.9 Å². The second kappa shape index (κ2) is 8.59. The van der Waals surface area contributed by atoms with Gasteiger partial charge in [-0.05, 0) is 31.0 Å². The van der Waals surface area contributed by atoms with Crippen LogP contribution in [0.3, 0.4) is 0 Å². The summed E-state index contributed by atoms with van der Waals surface area (Å²) in [5.74, 6) is -0.320. The van der Waals surface area contributed by atoms with E-state index < -0.39 is 5.54 Å². The Hall–Kier alpha value is -2.30. The Labute approximate surface area is 167 Å². The van der Waals surface area contributed by atoms with Gasteiger partial charge >= 0.3 is 0 Å². The van der Waals surface area contributed by atoms with Crippen LogP contribution in [-0.4, -0.2) is 26.8 Å². The number of nitriles is 1. The highest BCUT2D eigenvalue weighted by molar-refractivity contribution is 7.99. The summed E-state index contributed by atoms with van der Waals surface area (Å²) in [5.41, 5.74) is -0.703. The van der Waals surface area contributed by atoms with Crippen molar-refractivity contribution in [2.45, 2.75) is 38.0 Å². The Morgan fingerprint density at radius 3 is 2.85 bits per heavy atom. The number of thioether (sulfide) groups is 1. The van der Waals surface area contributed by atoms with Gasteiger partial charge in [0.2, 0.25) is 5.91 Å². The minimum atomic E-state index is -0.956. The van der Waals surface area contributed by atoms with Crippen LogP contribution in [0, 0.1) is 17.2 Å². The number of rotatable bonds is 7. The Morgan fingerprint density at radius 1 is 1.56 bits per heavy atom. The molecule has 1 atom stereocenters. The Balaban J connectivity index is 2.31. The SMILES string of the molecule is C=CCn1c(SCC(=O)NC(C)(C#N)C(C)C)nc2cc(Cl)ccc2c1=O. The van der Waals surface area contributed by atoms with Crippen LogP contribution in [0.5, 0.6) is 0 Å². The van der Waals surface area contributed by atoms with Crippen molar-refractivity contribution in [1.82, 2.24) is 14.9 Å². The van der Waals surface area contributed by atoms with Gasteiger partial charge in [-0.15, -0.1) is 6.58 Å². The first-order valence-electron chi connectivity index (χ1n) is 8.38. The van der Waals surface area contributed by atoms with Gasteiger partial charge in [-0.25, -0.2) is 4.98 Å². The normalized spacial score (nSPS) is 13.2. The summed E-state index contributed by atoms with van der Waals surface area (Å²) in [7, 11) is 0. The quantitative estimate of drug-likeness (QED) is 0.434. The maximum Gasteiger partial charge on any atom is 0.262 e. The van der Waals surface area contributed by atoms with Gasteiger partial charge in [0.15, 0.2) is 5.16 Å². The summed E-state index contributed by atoms with van der Waals surface area (Å²) in [5, 5.41) is 13.4. The Morgan fingerprint density at radius 2 is 2.26 bits per heavy atom. The number of amides is 1. The summed E-state index contributed by atoms with van der Waals surface area (Å²) in [6.07, 6.45) is 1.60. The fourth-order valence-corrected chi connectivity index (χ4v) is 3.31. The molecule has 1 N–H and O–H groups in total. The van der Waals surface area contributed by atoms with E-state index in [4.69, 9.17) is 11.6 Å². The van der Waals surface area contributed by atoms with E-state index >= 15 is 0 Å². The third-order valence-electron chi connectivity index (χ3n) is 4.31. The van der Waals surface area contributed by atoms with Gasteiger partial charge in [-0.3, -0.25) is 14.2 Å². The van der Waals surface area contributed by atoms with E-state index in [0.717, 1.165) is 11.8 Å². The summed E-state index contributed by atoms with van der Waals surface area (Å²) in [6, 6.07) is 7.03. The molecule has 27 heavy (non-hydrogen) atoms. The van der Waals surface area contributed by atoms with Crippen molar-refractivity contribution < 1.29 is 4.79 Å². The average Bonchev–Trinajstić information content (AvgIpc) is 2.62. The molecule has 0 saturated heterocycles. The first-order chi connectivity index (χ1) is 12.7. The average molecular weight is 405 g/mol.